The highest BCUT2D eigenvalue weighted by Crippen LogP contribution is 2.19. The van der Waals surface area contributed by atoms with E-state index in [1.807, 2.05) is 49.5 Å². The summed E-state index contributed by atoms with van der Waals surface area (Å²) in [6.45, 7) is 3.61. The highest BCUT2D eigenvalue weighted by atomic mass is 32.1. The van der Waals surface area contributed by atoms with E-state index in [0.717, 1.165) is 16.9 Å². The normalized spacial score (nSPS) is 10.5. The van der Waals surface area contributed by atoms with Gasteiger partial charge in [0.25, 0.3) is 5.91 Å². The Labute approximate surface area is 170 Å². The van der Waals surface area contributed by atoms with Crippen LogP contribution < -0.4 is 9.64 Å². The van der Waals surface area contributed by atoms with Gasteiger partial charge in [0.1, 0.15) is 12.4 Å². The maximum absolute atomic E-state index is 13.0. The molecular formula is C22H25N3O2S. The smallest absolute Gasteiger partial charge is 0.254 e. The Morgan fingerprint density at radius 2 is 1.93 bits per heavy atom. The lowest BCUT2D eigenvalue weighted by Gasteiger charge is -2.22. The summed E-state index contributed by atoms with van der Waals surface area (Å²) in [6.07, 6.45) is 0. The van der Waals surface area contributed by atoms with Gasteiger partial charge in [-0.15, -0.1) is 11.3 Å². The Hall–Kier alpha value is -2.86. The number of carbonyl (C=O) groups is 1. The van der Waals surface area contributed by atoms with Crippen molar-refractivity contribution >= 4 is 22.9 Å². The van der Waals surface area contributed by atoms with E-state index in [4.69, 9.17) is 4.74 Å². The summed E-state index contributed by atoms with van der Waals surface area (Å²) in [5.41, 5.74) is 5.54. The van der Waals surface area contributed by atoms with Gasteiger partial charge in [-0.2, -0.15) is 0 Å². The van der Waals surface area contributed by atoms with E-state index in [1.165, 1.54) is 11.3 Å². The van der Waals surface area contributed by atoms with Crippen molar-refractivity contribution in [2.45, 2.75) is 20.1 Å². The molecule has 0 saturated heterocycles. The second-order valence-electron chi connectivity index (χ2n) is 6.68. The predicted molar refractivity (Wildman–Crippen MR) is 114 cm³/mol. The molecule has 0 saturated carbocycles. The predicted octanol–water partition coefficient (Wildman–Crippen LogP) is 4.45. The summed E-state index contributed by atoms with van der Waals surface area (Å²) in [4.78, 5) is 21.1. The molecule has 0 bridgehead atoms. The van der Waals surface area contributed by atoms with Gasteiger partial charge in [0.2, 0.25) is 0 Å². The fourth-order valence-corrected chi connectivity index (χ4v) is 3.36. The average Bonchev–Trinajstić information content (AvgIpc) is 3.24. The third-order valence-electron chi connectivity index (χ3n) is 4.45. The van der Waals surface area contributed by atoms with Crippen LogP contribution in [0.5, 0.6) is 5.75 Å². The molecule has 1 amide bonds. The number of carbonyl (C=O) groups excluding carboxylic acids is 1. The summed E-state index contributed by atoms with van der Waals surface area (Å²) in [5.74, 6) is 0.670. The lowest BCUT2D eigenvalue weighted by molar-refractivity contribution is 0.0752. The topological polar surface area (TPSA) is 45.7 Å². The number of nitrogens with zero attached hydrogens (tertiary/aromatic N) is 3. The summed E-state index contributed by atoms with van der Waals surface area (Å²) < 4.78 is 5.78. The molecule has 1 heterocycles. The molecule has 6 heteroatoms. The van der Waals surface area contributed by atoms with Crippen molar-refractivity contribution in [3.63, 3.8) is 0 Å². The van der Waals surface area contributed by atoms with Gasteiger partial charge >= 0.3 is 0 Å². The van der Waals surface area contributed by atoms with E-state index >= 15 is 0 Å². The quantitative estimate of drug-likeness (QED) is 0.565. The van der Waals surface area contributed by atoms with Gasteiger partial charge in [0, 0.05) is 43.8 Å². The SMILES string of the molecule is CCN(Cc1ccc(N(C)C)cc1)C(=O)c1cccc(OCc2cscn2)c1. The fourth-order valence-electron chi connectivity index (χ4n) is 2.81. The second kappa shape index (κ2) is 9.37. The molecule has 0 N–H and O–H groups in total. The molecule has 0 aliphatic heterocycles. The molecule has 3 aromatic rings. The van der Waals surface area contributed by atoms with Crippen LogP contribution in [0.25, 0.3) is 0 Å². The van der Waals surface area contributed by atoms with E-state index in [1.54, 1.807) is 11.6 Å². The Bertz CT molecular complexity index is 892. The van der Waals surface area contributed by atoms with Crippen LogP contribution in [0.2, 0.25) is 0 Å². The molecule has 5 nitrogen and oxygen atoms in total. The zero-order valence-electron chi connectivity index (χ0n) is 16.5. The van der Waals surface area contributed by atoms with Gasteiger partial charge < -0.3 is 14.5 Å². The van der Waals surface area contributed by atoms with E-state index in [2.05, 4.69) is 34.1 Å². The highest BCUT2D eigenvalue weighted by molar-refractivity contribution is 7.07. The van der Waals surface area contributed by atoms with Crippen LogP contribution in [0, 0.1) is 0 Å². The van der Waals surface area contributed by atoms with E-state index in [9.17, 15) is 4.79 Å². The first-order valence-electron chi connectivity index (χ1n) is 9.22. The van der Waals surface area contributed by atoms with Crippen molar-refractivity contribution in [2.75, 3.05) is 25.5 Å². The van der Waals surface area contributed by atoms with E-state index in [0.29, 0.717) is 31.0 Å². The largest absolute Gasteiger partial charge is 0.487 e. The Morgan fingerprint density at radius 1 is 1.14 bits per heavy atom. The average molecular weight is 396 g/mol. The van der Waals surface area contributed by atoms with Gasteiger partial charge in [-0.3, -0.25) is 4.79 Å². The monoisotopic (exact) mass is 395 g/mol. The van der Waals surface area contributed by atoms with E-state index in [-0.39, 0.29) is 5.91 Å². The number of amides is 1. The van der Waals surface area contributed by atoms with Gasteiger partial charge in [-0.05, 0) is 42.8 Å². The molecule has 3 rings (SSSR count). The minimum absolute atomic E-state index is 0.00158. The van der Waals surface area contributed by atoms with Crippen molar-refractivity contribution in [2.24, 2.45) is 0 Å². The van der Waals surface area contributed by atoms with Crippen LogP contribution in [-0.2, 0) is 13.2 Å². The zero-order chi connectivity index (χ0) is 19.9. The Morgan fingerprint density at radius 3 is 2.57 bits per heavy atom. The maximum Gasteiger partial charge on any atom is 0.254 e. The maximum atomic E-state index is 13.0. The number of thiazole rings is 1. The van der Waals surface area contributed by atoms with Crippen LogP contribution in [0.4, 0.5) is 5.69 Å². The van der Waals surface area contributed by atoms with E-state index < -0.39 is 0 Å². The van der Waals surface area contributed by atoms with Gasteiger partial charge in [0.05, 0.1) is 11.2 Å². The first kappa shape index (κ1) is 19.9. The van der Waals surface area contributed by atoms with Crippen LogP contribution in [0.15, 0.2) is 59.4 Å². The van der Waals surface area contributed by atoms with Gasteiger partial charge in [-0.25, -0.2) is 4.98 Å². The molecule has 0 fully saturated rings. The fraction of sp³-hybridized carbons (Fsp3) is 0.273. The first-order chi connectivity index (χ1) is 13.6. The number of aromatic nitrogens is 1. The lowest BCUT2D eigenvalue weighted by atomic mass is 10.1. The Kier molecular flexibility index (Phi) is 6.66. The molecule has 28 heavy (non-hydrogen) atoms. The lowest BCUT2D eigenvalue weighted by Crippen LogP contribution is -2.30. The molecule has 146 valence electrons. The zero-order valence-corrected chi connectivity index (χ0v) is 17.3. The van der Waals surface area contributed by atoms with Crippen molar-refractivity contribution in [1.82, 2.24) is 9.88 Å². The summed E-state index contributed by atoms with van der Waals surface area (Å²) in [5, 5.41) is 1.95. The highest BCUT2D eigenvalue weighted by Gasteiger charge is 2.15. The van der Waals surface area contributed by atoms with Crippen molar-refractivity contribution in [3.8, 4) is 5.75 Å². The van der Waals surface area contributed by atoms with Crippen LogP contribution in [0.3, 0.4) is 0 Å². The summed E-state index contributed by atoms with van der Waals surface area (Å²) in [6, 6.07) is 15.6. The molecule has 0 aliphatic rings. The van der Waals surface area contributed by atoms with Crippen molar-refractivity contribution in [1.29, 1.82) is 0 Å². The number of hydrogen-bond acceptors (Lipinski definition) is 5. The third kappa shape index (κ3) is 5.10. The number of ether oxygens (including phenoxy) is 1. The molecule has 0 spiro atoms. The molecule has 0 atom stereocenters. The van der Waals surface area contributed by atoms with Gasteiger partial charge in [-0.1, -0.05) is 18.2 Å². The molecule has 2 aromatic carbocycles. The minimum atomic E-state index is -0.00158. The summed E-state index contributed by atoms with van der Waals surface area (Å²) in [7, 11) is 4.03. The standard InChI is InChI=1S/C22H25N3O2S/c1-4-25(13-17-8-10-20(11-9-17)24(2)3)22(26)18-6-5-7-21(12-18)27-14-19-15-28-16-23-19/h5-12,15-16H,4,13-14H2,1-3H3. The molecular weight excluding hydrogens is 370 g/mol. The molecule has 0 unspecified atom stereocenters. The molecule has 1 aromatic heterocycles. The number of benzene rings is 2. The number of rotatable bonds is 8. The van der Waals surface area contributed by atoms with Crippen LogP contribution >= 0.6 is 11.3 Å². The van der Waals surface area contributed by atoms with Crippen molar-refractivity contribution in [3.05, 3.63) is 76.2 Å². The number of hydrogen-bond donors (Lipinski definition) is 0. The van der Waals surface area contributed by atoms with Gasteiger partial charge in [0.15, 0.2) is 0 Å². The second-order valence-corrected chi connectivity index (χ2v) is 7.40. The Balaban J connectivity index is 1.67. The first-order valence-corrected chi connectivity index (χ1v) is 10.2. The van der Waals surface area contributed by atoms with Crippen LogP contribution in [-0.4, -0.2) is 36.4 Å². The molecule has 0 radical (unpaired) electrons. The molecule has 0 aliphatic carbocycles. The van der Waals surface area contributed by atoms with Crippen LogP contribution in [0.1, 0.15) is 28.5 Å². The number of anilines is 1. The van der Waals surface area contributed by atoms with Crippen molar-refractivity contribution < 1.29 is 9.53 Å². The summed E-state index contributed by atoms with van der Waals surface area (Å²) >= 11 is 1.54. The third-order valence-corrected chi connectivity index (χ3v) is 5.08. The minimum Gasteiger partial charge on any atom is -0.487 e.